The van der Waals surface area contributed by atoms with E-state index in [9.17, 15) is 18.0 Å². The van der Waals surface area contributed by atoms with Crippen molar-refractivity contribution in [3.8, 4) is 11.1 Å². The first-order valence-electron chi connectivity index (χ1n) is 8.34. The Morgan fingerprint density at radius 2 is 1.78 bits per heavy atom. The van der Waals surface area contributed by atoms with Crippen molar-refractivity contribution in [1.29, 1.82) is 0 Å². The largest absolute Gasteiger partial charge is 0.366 e. The molecule has 6 heteroatoms. The molecule has 138 valence electrons. The van der Waals surface area contributed by atoms with Gasteiger partial charge in [0.05, 0.1) is 11.3 Å². The van der Waals surface area contributed by atoms with Gasteiger partial charge in [0.1, 0.15) is 17.5 Å². The maximum absolute atomic E-state index is 13.8. The number of hydrogen-bond donors (Lipinski definition) is 1. The van der Waals surface area contributed by atoms with Gasteiger partial charge < -0.3 is 5.73 Å². The van der Waals surface area contributed by atoms with Crippen molar-refractivity contribution in [3.05, 3.63) is 89.0 Å². The first-order valence-corrected chi connectivity index (χ1v) is 8.34. The molecule has 1 aromatic heterocycles. The van der Waals surface area contributed by atoms with Crippen LogP contribution >= 0.6 is 0 Å². The Balaban J connectivity index is 1.99. The number of nitrogens with two attached hydrogens (primary N) is 1. The lowest BCUT2D eigenvalue weighted by Crippen LogP contribution is -2.13. The van der Waals surface area contributed by atoms with E-state index in [-0.39, 0.29) is 11.5 Å². The lowest BCUT2D eigenvalue weighted by molar-refractivity contribution is 0.0996. The van der Waals surface area contributed by atoms with E-state index < -0.39 is 23.4 Å². The molecule has 0 saturated heterocycles. The van der Waals surface area contributed by atoms with Gasteiger partial charge in [0, 0.05) is 23.7 Å². The molecule has 0 aliphatic rings. The zero-order valence-electron chi connectivity index (χ0n) is 14.5. The molecule has 3 aromatic rings. The van der Waals surface area contributed by atoms with Crippen LogP contribution in [0.25, 0.3) is 11.1 Å². The molecule has 27 heavy (non-hydrogen) atoms. The first kappa shape index (κ1) is 18.6. The first-order chi connectivity index (χ1) is 12.8. The number of hydrogen-bond acceptors (Lipinski definition) is 2. The van der Waals surface area contributed by atoms with Gasteiger partial charge in [0.15, 0.2) is 0 Å². The van der Waals surface area contributed by atoms with E-state index in [0.29, 0.717) is 28.8 Å². The number of carbonyl (C=O) groups is 1. The Morgan fingerprint density at radius 1 is 1.07 bits per heavy atom. The van der Waals surface area contributed by atoms with Crippen molar-refractivity contribution in [1.82, 2.24) is 4.98 Å². The summed E-state index contributed by atoms with van der Waals surface area (Å²) in [6, 6.07) is 11.0. The van der Waals surface area contributed by atoms with Crippen LogP contribution in [0.15, 0.2) is 54.7 Å². The van der Waals surface area contributed by atoms with Crippen LogP contribution in [0.1, 0.15) is 34.5 Å². The van der Waals surface area contributed by atoms with Gasteiger partial charge in [-0.05, 0) is 47.9 Å². The second-order valence-corrected chi connectivity index (χ2v) is 6.38. The number of rotatable bonds is 5. The minimum absolute atomic E-state index is 0.176. The van der Waals surface area contributed by atoms with E-state index in [1.54, 1.807) is 18.3 Å². The third-order valence-electron chi connectivity index (χ3n) is 4.31. The summed E-state index contributed by atoms with van der Waals surface area (Å²) in [4.78, 5) is 15.8. The highest BCUT2D eigenvalue weighted by atomic mass is 19.1. The van der Waals surface area contributed by atoms with Crippen LogP contribution in [0.5, 0.6) is 0 Å². The minimum atomic E-state index is -0.858. The number of halogens is 3. The molecule has 1 unspecified atom stereocenters. The van der Waals surface area contributed by atoms with Crippen LogP contribution in [0, 0.1) is 17.5 Å². The van der Waals surface area contributed by atoms with E-state index in [2.05, 4.69) is 4.98 Å². The van der Waals surface area contributed by atoms with Crippen LogP contribution < -0.4 is 5.73 Å². The number of primary amides is 1. The second kappa shape index (κ2) is 7.61. The highest BCUT2D eigenvalue weighted by Gasteiger charge is 2.17. The van der Waals surface area contributed by atoms with Crippen molar-refractivity contribution in [2.24, 2.45) is 5.73 Å². The SMILES string of the molecule is CC(Cc1cc(F)cc(F)c1)c1ncccc1-c1ccc(F)c(C(N)=O)c1. The van der Waals surface area contributed by atoms with E-state index in [1.807, 2.05) is 6.92 Å². The van der Waals surface area contributed by atoms with Gasteiger partial charge in [-0.15, -0.1) is 0 Å². The summed E-state index contributed by atoms with van der Waals surface area (Å²) >= 11 is 0. The molecule has 3 rings (SSSR count). The van der Waals surface area contributed by atoms with E-state index in [0.717, 1.165) is 6.07 Å². The summed E-state index contributed by atoms with van der Waals surface area (Å²) < 4.78 is 40.7. The van der Waals surface area contributed by atoms with Gasteiger partial charge in [-0.3, -0.25) is 9.78 Å². The summed E-state index contributed by atoms with van der Waals surface area (Å²) in [5.41, 5.74) is 7.48. The Morgan fingerprint density at radius 3 is 2.44 bits per heavy atom. The van der Waals surface area contributed by atoms with Crippen molar-refractivity contribution in [3.63, 3.8) is 0 Å². The molecule has 0 aliphatic carbocycles. The smallest absolute Gasteiger partial charge is 0.251 e. The Kier molecular flexibility index (Phi) is 5.26. The maximum atomic E-state index is 13.8. The molecule has 0 aliphatic heterocycles. The molecule has 1 atom stereocenters. The van der Waals surface area contributed by atoms with Crippen LogP contribution in [0.2, 0.25) is 0 Å². The topological polar surface area (TPSA) is 56.0 Å². The minimum Gasteiger partial charge on any atom is -0.366 e. The second-order valence-electron chi connectivity index (χ2n) is 6.38. The van der Waals surface area contributed by atoms with E-state index in [4.69, 9.17) is 5.73 Å². The third-order valence-corrected chi connectivity index (χ3v) is 4.31. The maximum Gasteiger partial charge on any atom is 0.251 e. The molecule has 2 N–H and O–H groups in total. The predicted molar refractivity (Wildman–Crippen MR) is 96.6 cm³/mol. The fraction of sp³-hybridized carbons (Fsp3) is 0.143. The summed E-state index contributed by atoms with van der Waals surface area (Å²) in [6.07, 6.45) is 1.97. The highest BCUT2D eigenvalue weighted by molar-refractivity contribution is 5.94. The summed E-state index contributed by atoms with van der Waals surface area (Å²) in [6.45, 7) is 1.88. The standard InChI is InChI=1S/C21H17F3N2O/c1-12(7-13-8-15(22)11-16(23)9-13)20-17(3-2-6-26-20)14-4-5-19(24)18(10-14)21(25)27/h2-6,8-12H,7H2,1H3,(H2,25,27). The molecule has 0 bridgehead atoms. The normalized spacial score (nSPS) is 12.0. The molecule has 0 fully saturated rings. The Bertz CT molecular complexity index is 984. The number of amides is 1. The van der Waals surface area contributed by atoms with Crippen molar-refractivity contribution in [2.45, 2.75) is 19.3 Å². The molecule has 2 aromatic carbocycles. The number of aromatic nitrogens is 1. The van der Waals surface area contributed by atoms with Crippen LogP contribution in [-0.4, -0.2) is 10.9 Å². The predicted octanol–water partition coefficient (Wildman–Crippen LogP) is 4.61. The average molecular weight is 370 g/mol. The molecule has 1 amide bonds. The lowest BCUT2D eigenvalue weighted by Gasteiger charge is -2.16. The monoisotopic (exact) mass is 370 g/mol. The molecule has 0 saturated carbocycles. The van der Waals surface area contributed by atoms with Crippen molar-refractivity contribution < 1.29 is 18.0 Å². The third kappa shape index (κ3) is 4.16. The Hall–Kier alpha value is -3.15. The van der Waals surface area contributed by atoms with E-state index >= 15 is 0 Å². The summed E-state index contributed by atoms with van der Waals surface area (Å²) in [5, 5.41) is 0. The molecule has 3 nitrogen and oxygen atoms in total. The quantitative estimate of drug-likeness (QED) is 0.713. The lowest BCUT2D eigenvalue weighted by atomic mass is 9.91. The molecular weight excluding hydrogens is 353 g/mol. The van der Waals surface area contributed by atoms with Gasteiger partial charge >= 0.3 is 0 Å². The van der Waals surface area contributed by atoms with Crippen LogP contribution in [0.3, 0.4) is 0 Å². The molecule has 0 spiro atoms. The molecular formula is C21H17F3N2O. The van der Waals surface area contributed by atoms with Gasteiger partial charge in [-0.2, -0.15) is 0 Å². The van der Waals surface area contributed by atoms with Gasteiger partial charge in [-0.1, -0.05) is 19.1 Å². The van der Waals surface area contributed by atoms with Crippen LogP contribution in [0.4, 0.5) is 13.2 Å². The van der Waals surface area contributed by atoms with Gasteiger partial charge in [-0.25, -0.2) is 13.2 Å². The van der Waals surface area contributed by atoms with E-state index in [1.165, 1.54) is 30.3 Å². The number of nitrogens with zero attached hydrogens (tertiary/aromatic N) is 1. The fourth-order valence-electron chi connectivity index (χ4n) is 3.11. The molecule has 0 radical (unpaired) electrons. The zero-order valence-corrected chi connectivity index (χ0v) is 14.5. The van der Waals surface area contributed by atoms with Crippen molar-refractivity contribution in [2.75, 3.05) is 0 Å². The van der Waals surface area contributed by atoms with Gasteiger partial charge in [0.25, 0.3) is 5.91 Å². The summed E-state index contributed by atoms with van der Waals surface area (Å²) in [5.74, 6) is -3.00. The number of pyridine rings is 1. The van der Waals surface area contributed by atoms with Crippen LogP contribution in [-0.2, 0) is 6.42 Å². The number of benzene rings is 2. The average Bonchev–Trinajstić information content (AvgIpc) is 2.61. The molecule has 1 heterocycles. The number of carbonyl (C=O) groups excluding carboxylic acids is 1. The van der Waals surface area contributed by atoms with Crippen molar-refractivity contribution >= 4 is 5.91 Å². The highest BCUT2D eigenvalue weighted by Crippen LogP contribution is 2.31. The van der Waals surface area contributed by atoms with Gasteiger partial charge in [0.2, 0.25) is 0 Å². The Labute approximate surface area is 154 Å². The summed E-state index contributed by atoms with van der Waals surface area (Å²) in [7, 11) is 0. The fourth-order valence-corrected chi connectivity index (χ4v) is 3.11. The zero-order chi connectivity index (χ0) is 19.6.